The maximum absolute atomic E-state index is 5.01. The lowest BCUT2D eigenvalue weighted by Gasteiger charge is -2.11. The molecule has 4 heterocycles. The summed E-state index contributed by atoms with van der Waals surface area (Å²) >= 11 is 0. The van der Waals surface area contributed by atoms with E-state index in [0.717, 1.165) is 50.6 Å². The molecule has 0 saturated carbocycles. The molecule has 4 aromatic heterocycles. The van der Waals surface area contributed by atoms with Crippen LogP contribution in [0.15, 0.2) is 170 Å². The molecule has 0 N–H and O–H groups in total. The minimum absolute atomic E-state index is 0.552. The topological polar surface area (TPSA) is 77.3 Å². The zero-order valence-corrected chi connectivity index (χ0v) is 25.8. The summed E-state index contributed by atoms with van der Waals surface area (Å²) in [5.74, 6) is 1.77. The fourth-order valence-corrected chi connectivity index (χ4v) is 5.58. The lowest BCUT2D eigenvalue weighted by molar-refractivity contribution is 1.07. The molecule has 0 spiro atoms. The number of benzene rings is 4. The minimum atomic E-state index is 0.552. The van der Waals surface area contributed by atoms with E-state index in [1.54, 1.807) is 12.4 Å². The fourth-order valence-electron chi connectivity index (χ4n) is 5.58. The van der Waals surface area contributed by atoms with Crippen LogP contribution in [0.25, 0.3) is 79.2 Å². The molecule has 4 aromatic carbocycles. The summed E-state index contributed by atoms with van der Waals surface area (Å²) in [4.78, 5) is 29.0. The fraction of sp³-hybridized carbons (Fsp3) is 0. The smallest absolute Gasteiger partial charge is 0.165 e. The second-order valence-corrected chi connectivity index (χ2v) is 11.3. The molecule has 0 fully saturated rings. The van der Waals surface area contributed by atoms with Crippen LogP contribution in [0.2, 0.25) is 0 Å². The lowest BCUT2D eigenvalue weighted by atomic mass is 9.99. The van der Waals surface area contributed by atoms with E-state index in [4.69, 9.17) is 24.9 Å². The standard InChI is InChI=1S/C42H28N6/c1-4-12-29(13-5-1)30-19-21-31(22-20-30)35-26-38(36-18-10-11-25-43-36)45-39(27-35)37-24-23-34(28-44-37)42-47-40(32-14-6-2-7-15-32)46-41(48-42)33-16-8-3-9-17-33/h1-28H. The highest BCUT2D eigenvalue weighted by atomic mass is 15.0. The number of aromatic nitrogens is 6. The molecular formula is C42H28N6. The monoisotopic (exact) mass is 616 g/mol. The Morgan fingerprint density at radius 2 is 0.708 bits per heavy atom. The summed E-state index contributed by atoms with van der Waals surface area (Å²) in [7, 11) is 0. The van der Waals surface area contributed by atoms with Gasteiger partial charge in [-0.25, -0.2) is 19.9 Å². The van der Waals surface area contributed by atoms with Crippen LogP contribution in [0, 0.1) is 0 Å². The van der Waals surface area contributed by atoms with Gasteiger partial charge >= 0.3 is 0 Å². The van der Waals surface area contributed by atoms with Crippen molar-refractivity contribution in [3.05, 3.63) is 170 Å². The Balaban J connectivity index is 1.18. The minimum Gasteiger partial charge on any atom is -0.255 e. The van der Waals surface area contributed by atoms with Crippen LogP contribution in [0.5, 0.6) is 0 Å². The van der Waals surface area contributed by atoms with E-state index in [1.165, 1.54) is 11.1 Å². The molecule has 0 saturated heterocycles. The Bertz CT molecular complexity index is 2240. The molecule has 0 aliphatic heterocycles. The van der Waals surface area contributed by atoms with Crippen molar-refractivity contribution in [2.24, 2.45) is 0 Å². The molecule has 0 aliphatic carbocycles. The maximum atomic E-state index is 5.01. The van der Waals surface area contributed by atoms with Gasteiger partial charge in [-0.1, -0.05) is 121 Å². The van der Waals surface area contributed by atoms with Gasteiger partial charge in [0.05, 0.1) is 22.8 Å². The van der Waals surface area contributed by atoms with Crippen molar-refractivity contribution in [2.45, 2.75) is 0 Å². The quantitative estimate of drug-likeness (QED) is 0.177. The van der Waals surface area contributed by atoms with Gasteiger partial charge in [-0.05, 0) is 58.7 Å². The van der Waals surface area contributed by atoms with Crippen molar-refractivity contribution in [2.75, 3.05) is 0 Å². The normalized spacial score (nSPS) is 10.9. The third-order valence-electron chi connectivity index (χ3n) is 8.06. The van der Waals surface area contributed by atoms with Crippen LogP contribution in [0.3, 0.4) is 0 Å². The van der Waals surface area contributed by atoms with Gasteiger partial charge in [0.1, 0.15) is 0 Å². The van der Waals surface area contributed by atoms with E-state index in [0.29, 0.717) is 17.5 Å². The third kappa shape index (κ3) is 6.10. The van der Waals surface area contributed by atoms with Crippen molar-refractivity contribution in [3.63, 3.8) is 0 Å². The zero-order chi connectivity index (χ0) is 32.1. The van der Waals surface area contributed by atoms with Crippen molar-refractivity contribution in [3.8, 4) is 79.2 Å². The number of hydrogen-bond acceptors (Lipinski definition) is 6. The van der Waals surface area contributed by atoms with Gasteiger partial charge in [0.25, 0.3) is 0 Å². The van der Waals surface area contributed by atoms with Gasteiger partial charge in [-0.3, -0.25) is 9.97 Å². The van der Waals surface area contributed by atoms with Crippen LogP contribution < -0.4 is 0 Å². The summed E-state index contributed by atoms with van der Waals surface area (Å²) in [5.41, 5.74) is 10.1. The van der Waals surface area contributed by atoms with Gasteiger partial charge in [0, 0.05) is 29.1 Å². The van der Waals surface area contributed by atoms with Gasteiger partial charge < -0.3 is 0 Å². The van der Waals surface area contributed by atoms with E-state index in [9.17, 15) is 0 Å². The first-order valence-corrected chi connectivity index (χ1v) is 15.7. The van der Waals surface area contributed by atoms with Crippen LogP contribution in [0.1, 0.15) is 0 Å². The molecule has 48 heavy (non-hydrogen) atoms. The SMILES string of the molecule is c1ccc(-c2ccc(-c3cc(-c4ccccn4)nc(-c4ccc(-c5nc(-c6ccccc6)nc(-c6ccccc6)n5)cn4)c3)cc2)cc1. The largest absolute Gasteiger partial charge is 0.255 e. The Morgan fingerprint density at radius 1 is 0.271 bits per heavy atom. The Morgan fingerprint density at radius 3 is 1.21 bits per heavy atom. The molecule has 8 aromatic rings. The molecule has 0 atom stereocenters. The number of rotatable bonds is 7. The van der Waals surface area contributed by atoms with Crippen LogP contribution >= 0.6 is 0 Å². The van der Waals surface area contributed by atoms with Crippen LogP contribution in [0.4, 0.5) is 0 Å². The molecule has 0 aliphatic rings. The Kier molecular flexibility index (Phi) is 7.79. The molecule has 0 radical (unpaired) electrons. The molecule has 6 nitrogen and oxygen atoms in total. The van der Waals surface area contributed by atoms with Crippen molar-refractivity contribution >= 4 is 0 Å². The Labute approximate surface area is 278 Å². The zero-order valence-electron chi connectivity index (χ0n) is 25.8. The molecule has 226 valence electrons. The van der Waals surface area contributed by atoms with Gasteiger partial charge in [0.2, 0.25) is 0 Å². The first-order chi connectivity index (χ1) is 23.8. The molecule has 0 unspecified atom stereocenters. The summed E-state index contributed by atoms with van der Waals surface area (Å²) in [6.07, 6.45) is 3.59. The Hall–Kier alpha value is -6.66. The van der Waals surface area contributed by atoms with E-state index >= 15 is 0 Å². The van der Waals surface area contributed by atoms with Crippen LogP contribution in [-0.4, -0.2) is 29.9 Å². The lowest BCUT2D eigenvalue weighted by Crippen LogP contribution is -2.00. The van der Waals surface area contributed by atoms with E-state index in [1.807, 2.05) is 97.1 Å². The predicted molar refractivity (Wildman–Crippen MR) is 191 cm³/mol. The molecule has 8 rings (SSSR count). The number of nitrogens with zero attached hydrogens (tertiary/aromatic N) is 6. The summed E-state index contributed by atoms with van der Waals surface area (Å²) in [5, 5.41) is 0. The third-order valence-corrected chi connectivity index (χ3v) is 8.06. The highest BCUT2D eigenvalue weighted by Gasteiger charge is 2.15. The molecule has 6 heteroatoms. The molecule has 0 bridgehead atoms. The first-order valence-electron chi connectivity index (χ1n) is 15.7. The van der Waals surface area contributed by atoms with Gasteiger partial charge in [-0.2, -0.15) is 0 Å². The summed E-state index contributed by atoms with van der Waals surface area (Å²) < 4.78 is 0. The predicted octanol–water partition coefficient (Wildman–Crippen LogP) is 9.73. The van der Waals surface area contributed by atoms with Crippen molar-refractivity contribution in [1.29, 1.82) is 0 Å². The summed E-state index contributed by atoms with van der Waals surface area (Å²) in [6.45, 7) is 0. The van der Waals surface area contributed by atoms with Crippen LogP contribution in [-0.2, 0) is 0 Å². The van der Waals surface area contributed by atoms with E-state index < -0.39 is 0 Å². The second-order valence-electron chi connectivity index (χ2n) is 11.3. The van der Waals surface area contributed by atoms with E-state index in [-0.39, 0.29) is 0 Å². The average molecular weight is 617 g/mol. The average Bonchev–Trinajstić information content (AvgIpc) is 3.19. The van der Waals surface area contributed by atoms with Gasteiger partial charge in [-0.15, -0.1) is 0 Å². The van der Waals surface area contributed by atoms with Gasteiger partial charge in [0.15, 0.2) is 17.5 Å². The highest BCUT2D eigenvalue weighted by Crippen LogP contribution is 2.31. The first kappa shape index (κ1) is 28.8. The van der Waals surface area contributed by atoms with E-state index in [2.05, 4.69) is 65.6 Å². The summed E-state index contributed by atoms with van der Waals surface area (Å²) in [6, 6.07) is 52.9. The number of pyridine rings is 3. The highest BCUT2D eigenvalue weighted by molar-refractivity contribution is 5.77. The van der Waals surface area contributed by atoms with Crippen molar-refractivity contribution < 1.29 is 0 Å². The molecule has 0 amide bonds. The molecular weight excluding hydrogens is 589 g/mol. The van der Waals surface area contributed by atoms with Crippen molar-refractivity contribution in [1.82, 2.24) is 29.9 Å². The second kappa shape index (κ2) is 13.0. The maximum Gasteiger partial charge on any atom is 0.165 e. The number of hydrogen-bond donors (Lipinski definition) is 0.